The summed E-state index contributed by atoms with van der Waals surface area (Å²) < 4.78 is 21.4. The fourth-order valence-corrected chi connectivity index (χ4v) is 2.70. The van der Waals surface area contributed by atoms with Gasteiger partial charge in [0.2, 0.25) is 0 Å². The SMILES string of the molecule is Cc1nnc(CNc2ccc(F)cc2OC2CCCC2)n1C. The molecule has 0 aliphatic heterocycles. The van der Waals surface area contributed by atoms with Crippen molar-refractivity contribution in [3.63, 3.8) is 0 Å². The molecule has 0 radical (unpaired) electrons. The van der Waals surface area contributed by atoms with Gasteiger partial charge in [0.1, 0.15) is 17.4 Å². The van der Waals surface area contributed by atoms with Crippen LogP contribution in [0.3, 0.4) is 0 Å². The first-order valence-electron chi connectivity index (χ1n) is 7.68. The molecule has 1 aliphatic carbocycles. The van der Waals surface area contributed by atoms with Crippen LogP contribution in [0.25, 0.3) is 0 Å². The average molecular weight is 304 g/mol. The van der Waals surface area contributed by atoms with Crippen molar-refractivity contribution in [2.24, 2.45) is 7.05 Å². The largest absolute Gasteiger partial charge is 0.488 e. The van der Waals surface area contributed by atoms with Crippen molar-refractivity contribution in [1.82, 2.24) is 14.8 Å². The Morgan fingerprint density at radius 3 is 2.77 bits per heavy atom. The number of anilines is 1. The molecule has 3 rings (SSSR count). The highest BCUT2D eigenvalue weighted by Gasteiger charge is 2.18. The molecule has 0 spiro atoms. The molecule has 118 valence electrons. The summed E-state index contributed by atoms with van der Waals surface area (Å²) in [5, 5.41) is 11.4. The average Bonchev–Trinajstić information content (AvgIpc) is 3.11. The Hall–Kier alpha value is -2.11. The molecule has 1 N–H and O–H groups in total. The molecule has 6 heteroatoms. The number of hydrogen-bond acceptors (Lipinski definition) is 4. The molecular weight excluding hydrogens is 283 g/mol. The van der Waals surface area contributed by atoms with Gasteiger partial charge in [0, 0.05) is 13.1 Å². The summed E-state index contributed by atoms with van der Waals surface area (Å²) in [5.74, 6) is 1.98. The first-order valence-corrected chi connectivity index (χ1v) is 7.68. The van der Waals surface area contributed by atoms with Crippen LogP contribution in [0.1, 0.15) is 37.3 Å². The Morgan fingerprint density at radius 1 is 1.32 bits per heavy atom. The van der Waals surface area contributed by atoms with Crippen molar-refractivity contribution in [1.29, 1.82) is 0 Å². The van der Waals surface area contributed by atoms with Crippen LogP contribution in [0.4, 0.5) is 10.1 Å². The summed E-state index contributed by atoms with van der Waals surface area (Å²) >= 11 is 0. The number of aryl methyl sites for hydroxylation is 1. The van der Waals surface area contributed by atoms with E-state index < -0.39 is 0 Å². The summed E-state index contributed by atoms with van der Waals surface area (Å²) in [6.07, 6.45) is 4.64. The minimum absolute atomic E-state index is 0.194. The molecule has 5 nitrogen and oxygen atoms in total. The number of benzene rings is 1. The molecule has 1 aliphatic rings. The Morgan fingerprint density at radius 2 is 2.09 bits per heavy atom. The molecule has 0 bridgehead atoms. The van der Waals surface area contributed by atoms with Crippen LogP contribution in [0, 0.1) is 12.7 Å². The Kier molecular flexibility index (Phi) is 4.27. The molecule has 1 heterocycles. The van der Waals surface area contributed by atoms with Gasteiger partial charge in [-0.05, 0) is 44.7 Å². The quantitative estimate of drug-likeness (QED) is 0.921. The highest BCUT2D eigenvalue weighted by Crippen LogP contribution is 2.30. The van der Waals surface area contributed by atoms with E-state index in [-0.39, 0.29) is 11.9 Å². The van der Waals surface area contributed by atoms with E-state index in [4.69, 9.17) is 4.74 Å². The lowest BCUT2D eigenvalue weighted by atomic mass is 10.2. The van der Waals surface area contributed by atoms with Gasteiger partial charge >= 0.3 is 0 Å². The number of hydrogen-bond donors (Lipinski definition) is 1. The number of halogens is 1. The van der Waals surface area contributed by atoms with E-state index in [2.05, 4.69) is 15.5 Å². The van der Waals surface area contributed by atoms with Crippen LogP contribution in [0.15, 0.2) is 18.2 Å². The number of nitrogens with one attached hydrogen (secondary N) is 1. The van der Waals surface area contributed by atoms with Gasteiger partial charge in [0.15, 0.2) is 5.82 Å². The predicted molar refractivity (Wildman–Crippen MR) is 82.4 cm³/mol. The summed E-state index contributed by atoms with van der Waals surface area (Å²) in [6.45, 7) is 2.42. The van der Waals surface area contributed by atoms with E-state index in [1.807, 2.05) is 18.5 Å². The van der Waals surface area contributed by atoms with Gasteiger partial charge in [-0.15, -0.1) is 10.2 Å². The highest BCUT2D eigenvalue weighted by atomic mass is 19.1. The lowest BCUT2D eigenvalue weighted by Gasteiger charge is -2.17. The van der Waals surface area contributed by atoms with Crippen molar-refractivity contribution in [3.8, 4) is 5.75 Å². The summed E-state index contributed by atoms with van der Waals surface area (Å²) in [6, 6.07) is 4.59. The first kappa shape index (κ1) is 14.8. The molecule has 1 aromatic heterocycles. The van der Waals surface area contributed by atoms with Crippen LogP contribution in [-0.2, 0) is 13.6 Å². The summed E-state index contributed by atoms with van der Waals surface area (Å²) in [7, 11) is 1.92. The maximum atomic E-state index is 13.5. The third kappa shape index (κ3) is 3.21. The van der Waals surface area contributed by atoms with Crippen LogP contribution >= 0.6 is 0 Å². The molecule has 1 saturated carbocycles. The molecule has 2 aromatic rings. The molecule has 1 aromatic carbocycles. The number of nitrogens with zero attached hydrogens (tertiary/aromatic N) is 3. The number of ether oxygens (including phenoxy) is 1. The van der Waals surface area contributed by atoms with Crippen molar-refractivity contribution >= 4 is 5.69 Å². The van der Waals surface area contributed by atoms with Gasteiger partial charge in [-0.25, -0.2) is 4.39 Å². The van der Waals surface area contributed by atoms with E-state index in [9.17, 15) is 4.39 Å². The van der Waals surface area contributed by atoms with Gasteiger partial charge in [-0.1, -0.05) is 0 Å². The van der Waals surface area contributed by atoms with Gasteiger partial charge in [0.25, 0.3) is 0 Å². The Labute approximate surface area is 129 Å². The molecule has 0 unspecified atom stereocenters. The Balaban J connectivity index is 1.73. The van der Waals surface area contributed by atoms with Crippen LogP contribution in [0.5, 0.6) is 5.75 Å². The van der Waals surface area contributed by atoms with Gasteiger partial charge < -0.3 is 14.6 Å². The molecule has 0 saturated heterocycles. The molecule has 0 atom stereocenters. The topological polar surface area (TPSA) is 52.0 Å². The second-order valence-corrected chi connectivity index (χ2v) is 5.74. The standard InChI is InChI=1S/C16H21FN4O/c1-11-19-20-16(21(11)2)10-18-14-8-7-12(17)9-15(14)22-13-5-3-4-6-13/h7-9,13,18H,3-6,10H2,1-2H3. The third-order valence-corrected chi connectivity index (χ3v) is 4.16. The van der Waals surface area contributed by atoms with E-state index in [0.717, 1.165) is 30.2 Å². The normalized spacial score (nSPS) is 15.2. The fourth-order valence-electron chi connectivity index (χ4n) is 2.70. The maximum absolute atomic E-state index is 13.5. The second-order valence-electron chi connectivity index (χ2n) is 5.74. The van der Waals surface area contributed by atoms with Crippen molar-refractivity contribution < 1.29 is 9.13 Å². The summed E-state index contributed by atoms with van der Waals surface area (Å²) in [4.78, 5) is 0. The monoisotopic (exact) mass is 304 g/mol. The third-order valence-electron chi connectivity index (χ3n) is 4.16. The first-order chi connectivity index (χ1) is 10.6. The van der Waals surface area contributed by atoms with Crippen molar-refractivity contribution in [2.45, 2.75) is 45.3 Å². The fraction of sp³-hybridized carbons (Fsp3) is 0.500. The summed E-state index contributed by atoms with van der Waals surface area (Å²) in [5.41, 5.74) is 0.786. The number of rotatable bonds is 5. The van der Waals surface area contributed by atoms with E-state index in [0.29, 0.717) is 12.3 Å². The van der Waals surface area contributed by atoms with Crippen LogP contribution < -0.4 is 10.1 Å². The minimum atomic E-state index is -0.284. The molecule has 1 fully saturated rings. The van der Waals surface area contributed by atoms with E-state index in [1.165, 1.54) is 25.0 Å². The Bertz CT molecular complexity index is 650. The molecular formula is C16H21FN4O. The molecule has 22 heavy (non-hydrogen) atoms. The van der Waals surface area contributed by atoms with Crippen molar-refractivity contribution in [3.05, 3.63) is 35.7 Å². The van der Waals surface area contributed by atoms with Crippen molar-refractivity contribution in [2.75, 3.05) is 5.32 Å². The second kappa shape index (κ2) is 6.34. The smallest absolute Gasteiger partial charge is 0.152 e. The zero-order valence-electron chi connectivity index (χ0n) is 13.0. The van der Waals surface area contributed by atoms with Gasteiger partial charge in [0.05, 0.1) is 18.3 Å². The predicted octanol–water partition coefficient (Wildman–Crippen LogP) is 3.20. The van der Waals surface area contributed by atoms with E-state index in [1.54, 1.807) is 6.07 Å². The lowest BCUT2D eigenvalue weighted by Crippen LogP contribution is -2.13. The van der Waals surface area contributed by atoms with Crippen LogP contribution in [0.2, 0.25) is 0 Å². The van der Waals surface area contributed by atoms with Gasteiger partial charge in [-0.2, -0.15) is 0 Å². The molecule has 0 amide bonds. The maximum Gasteiger partial charge on any atom is 0.152 e. The lowest BCUT2D eigenvalue weighted by molar-refractivity contribution is 0.210. The minimum Gasteiger partial charge on any atom is -0.488 e. The number of aromatic nitrogens is 3. The highest BCUT2D eigenvalue weighted by molar-refractivity contribution is 5.56. The zero-order chi connectivity index (χ0) is 15.5. The van der Waals surface area contributed by atoms with Crippen LogP contribution in [-0.4, -0.2) is 20.9 Å². The van der Waals surface area contributed by atoms with E-state index >= 15 is 0 Å². The zero-order valence-corrected chi connectivity index (χ0v) is 13.0. The van der Waals surface area contributed by atoms with Gasteiger partial charge in [-0.3, -0.25) is 0 Å².